The predicted octanol–water partition coefficient (Wildman–Crippen LogP) is 2.33. The van der Waals surface area contributed by atoms with Crippen LogP contribution in [0, 0.1) is 17.5 Å². The molecule has 2 aromatic carbocycles. The lowest BCUT2D eigenvalue weighted by Crippen LogP contribution is -2.36. The highest BCUT2D eigenvalue weighted by Gasteiger charge is 2.21. The number of halogens is 3. The zero-order chi connectivity index (χ0) is 20.7. The van der Waals surface area contributed by atoms with Gasteiger partial charge in [-0.1, -0.05) is 30.3 Å². The van der Waals surface area contributed by atoms with E-state index in [0.29, 0.717) is 6.07 Å². The molecule has 0 saturated heterocycles. The van der Waals surface area contributed by atoms with Crippen LogP contribution in [0.4, 0.5) is 18.9 Å². The van der Waals surface area contributed by atoms with Gasteiger partial charge in [-0.2, -0.15) is 0 Å². The Labute approximate surface area is 158 Å². The second-order valence-corrected chi connectivity index (χ2v) is 5.78. The standard InChI is InChI=1S/C19H17F3N2O4/c1-11(19(27)24-14-8-7-13(20)17(21)18(14)22)28-16(26)10-23-15(25)9-12-5-3-2-4-6-12/h2-8,11H,9-10H2,1H3,(H,23,25)(H,24,27)/t11-/m1/s1. The first kappa shape index (κ1) is 20.9. The molecule has 0 spiro atoms. The number of amides is 2. The van der Waals surface area contributed by atoms with Crippen molar-refractivity contribution in [2.75, 3.05) is 11.9 Å². The van der Waals surface area contributed by atoms with Crippen LogP contribution in [-0.2, 0) is 25.5 Å². The van der Waals surface area contributed by atoms with E-state index in [1.807, 2.05) is 5.32 Å². The minimum absolute atomic E-state index is 0.0690. The summed E-state index contributed by atoms with van der Waals surface area (Å²) in [6.45, 7) is 0.736. The number of hydrogen-bond acceptors (Lipinski definition) is 4. The van der Waals surface area contributed by atoms with E-state index in [-0.39, 0.29) is 6.42 Å². The van der Waals surface area contributed by atoms with Crippen molar-refractivity contribution in [2.24, 2.45) is 0 Å². The zero-order valence-corrected chi connectivity index (χ0v) is 14.8. The monoisotopic (exact) mass is 394 g/mol. The molecule has 0 aliphatic rings. The second kappa shape index (κ2) is 9.54. The van der Waals surface area contributed by atoms with Crippen LogP contribution in [-0.4, -0.2) is 30.4 Å². The Morgan fingerprint density at radius 1 is 1.00 bits per heavy atom. The number of hydrogen-bond donors (Lipinski definition) is 2. The highest BCUT2D eigenvalue weighted by molar-refractivity contribution is 5.95. The maximum absolute atomic E-state index is 13.6. The van der Waals surface area contributed by atoms with E-state index in [9.17, 15) is 27.6 Å². The van der Waals surface area contributed by atoms with Gasteiger partial charge in [0.25, 0.3) is 5.91 Å². The highest BCUT2D eigenvalue weighted by atomic mass is 19.2. The van der Waals surface area contributed by atoms with Gasteiger partial charge in [-0.05, 0) is 24.6 Å². The molecule has 0 saturated carbocycles. The number of benzene rings is 2. The number of carbonyl (C=O) groups is 3. The summed E-state index contributed by atoms with van der Waals surface area (Å²) in [4.78, 5) is 35.4. The van der Waals surface area contributed by atoms with Gasteiger partial charge in [0.15, 0.2) is 23.6 Å². The Balaban J connectivity index is 1.80. The van der Waals surface area contributed by atoms with E-state index in [1.54, 1.807) is 30.3 Å². The maximum Gasteiger partial charge on any atom is 0.326 e. The molecule has 2 rings (SSSR count). The quantitative estimate of drug-likeness (QED) is 0.558. The molecular formula is C19H17F3N2O4. The zero-order valence-electron chi connectivity index (χ0n) is 14.8. The average molecular weight is 394 g/mol. The first-order valence-corrected chi connectivity index (χ1v) is 8.22. The maximum atomic E-state index is 13.6. The summed E-state index contributed by atoms with van der Waals surface area (Å²) in [5.41, 5.74) is 0.164. The first-order chi connectivity index (χ1) is 13.3. The lowest BCUT2D eigenvalue weighted by molar-refractivity contribution is -0.152. The van der Waals surface area contributed by atoms with Crippen molar-refractivity contribution >= 4 is 23.5 Å². The normalized spacial score (nSPS) is 11.4. The summed E-state index contributed by atoms with van der Waals surface area (Å²) in [5.74, 6) is -6.96. The molecule has 0 unspecified atom stereocenters. The Morgan fingerprint density at radius 2 is 1.68 bits per heavy atom. The fraction of sp³-hybridized carbons (Fsp3) is 0.211. The molecule has 0 aliphatic heterocycles. The molecule has 2 amide bonds. The van der Waals surface area contributed by atoms with Crippen molar-refractivity contribution < 1.29 is 32.3 Å². The Bertz CT molecular complexity index is 875. The molecule has 6 nitrogen and oxygen atoms in total. The van der Waals surface area contributed by atoms with Gasteiger partial charge < -0.3 is 15.4 Å². The van der Waals surface area contributed by atoms with Crippen LogP contribution in [0.2, 0.25) is 0 Å². The molecule has 2 aromatic rings. The number of carbonyl (C=O) groups excluding carboxylic acids is 3. The second-order valence-electron chi connectivity index (χ2n) is 5.78. The number of ether oxygens (including phenoxy) is 1. The molecule has 9 heteroatoms. The first-order valence-electron chi connectivity index (χ1n) is 8.22. The van der Waals surface area contributed by atoms with Crippen molar-refractivity contribution in [3.63, 3.8) is 0 Å². The SMILES string of the molecule is C[C@@H](OC(=O)CNC(=O)Cc1ccccc1)C(=O)Nc1ccc(F)c(F)c1F. The van der Waals surface area contributed by atoms with Crippen molar-refractivity contribution in [2.45, 2.75) is 19.4 Å². The lowest BCUT2D eigenvalue weighted by atomic mass is 10.1. The summed E-state index contributed by atoms with van der Waals surface area (Å²) in [7, 11) is 0. The van der Waals surface area contributed by atoms with Gasteiger partial charge in [-0.25, -0.2) is 13.2 Å². The third-order valence-electron chi connectivity index (χ3n) is 3.61. The number of rotatable bonds is 7. The third-order valence-corrected chi connectivity index (χ3v) is 3.61. The molecule has 28 heavy (non-hydrogen) atoms. The van der Waals surface area contributed by atoms with E-state index in [0.717, 1.165) is 11.6 Å². The summed E-state index contributed by atoms with van der Waals surface area (Å²) in [6, 6.07) is 10.3. The van der Waals surface area contributed by atoms with E-state index < -0.39 is 53.6 Å². The largest absolute Gasteiger partial charge is 0.451 e. The van der Waals surface area contributed by atoms with Crippen LogP contribution in [0.25, 0.3) is 0 Å². The summed E-state index contributed by atoms with van der Waals surface area (Å²) < 4.78 is 44.4. The van der Waals surface area contributed by atoms with Gasteiger partial charge in [0.2, 0.25) is 5.91 Å². The van der Waals surface area contributed by atoms with Gasteiger partial charge in [0, 0.05) is 0 Å². The van der Waals surface area contributed by atoms with Crippen LogP contribution in [0.1, 0.15) is 12.5 Å². The van der Waals surface area contributed by atoms with Crippen molar-refractivity contribution in [3.05, 3.63) is 65.5 Å². The fourth-order valence-electron chi connectivity index (χ4n) is 2.16. The minimum atomic E-state index is -1.73. The molecule has 0 fully saturated rings. The summed E-state index contributed by atoms with van der Waals surface area (Å²) >= 11 is 0. The minimum Gasteiger partial charge on any atom is -0.451 e. The van der Waals surface area contributed by atoms with Crippen LogP contribution in [0.3, 0.4) is 0 Å². The van der Waals surface area contributed by atoms with Gasteiger partial charge in [-0.15, -0.1) is 0 Å². The Kier molecular flexibility index (Phi) is 7.14. The number of esters is 1. The van der Waals surface area contributed by atoms with Crippen LogP contribution in [0.5, 0.6) is 0 Å². The van der Waals surface area contributed by atoms with Crippen LogP contribution < -0.4 is 10.6 Å². The average Bonchev–Trinajstić information content (AvgIpc) is 2.67. The Hall–Kier alpha value is -3.36. The van der Waals surface area contributed by atoms with E-state index in [2.05, 4.69) is 5.32 Å². The summed E-state index contributed by atoms with van der Waals surface area (Å²) in [5, 5.41) is 4.35. The van der Waals surface area contributed by atoms with Gasteiger partial charge in [-0.3, -0.25) is 14.4 Å². The van der Waals surface area contributed by atoms with E-state index in [4.69, 9.17) is 4.74 Å². The van der Waals surface area contributed by atoms with E-state index >= 15 is 0 Å². The topological polar surface area (TPSA) is 84.5 Å². The Morgan fingerprint density at radius 3 is 2.36 bits per heavy atom. The van der Waals surface area contributed by atoms with Crippen molar-refractivity contribution in [1.29, 1.82) is 0 Å². The molecule has 0 aromatic heterocycles. The molecule has 0 bridgehead atoms. The van der Waals surface area contributed by atoms with Gasteiger partial charge in [0.1, 0.15) is 6.54 Å². The molecular weight excluding hydrogens is 377 g/mol. The highest BCUT2D eigenvalue weighted by Crippen LogP contribution is 2.19. The van der Waals surface area contributed by atoms with Crippen LogP contribution in [0.15, 0.2) is 42.5 Å². The molecule has 148 valence electrons. The van der Waals surface area contributed by atoms with Crippen molar-refractivity contribution in [1.82, 2.24) is 5.32 Å². The van der Waals surface area contributed by atoms with E-state index in [1.165, 1.54) is 6.92 Å². The molecule has 0 radical (unpaired) electrons. The fourth-order valence-corrected chi connectivity index (χ4v) is 2.16. The van der Waals surface area contributed by atoms with Crippen LogP contribution >= 0.6 is 0 Å². The van der Waals surface area contributed by atoms with Gasteiger partial charge >= 0.3 is 5.97 Å². The van der Waals surface area contributed by atoms with Crippen molar-refractivity contribution in [3.8, 4) is 0 Å². The number of nitrogens with one attached hydrogen (secondary N) is 2. The molecule has 2 N–H and O–H groups in total. The predicted molar refractivity (Wildman–Crippen MR) is 93.7 cm³/mol. The third kappa shape index (κ3) is 5.83. The molecule has 0 heterocycles. The lowest BCUT2D eigenvalue weighted by Gasteiger charge is -2.14. The number of anilines is 1. The smallest absolute Gasteiger partial charge is 0.326 e. The molecule has 0 aliphatic carbocycles. The molecule has 1 atom stereocenters. The summed E-state index contributed by atoms with van der Waals surface area (Å²) in [6.07, 6.45) is -1.29. The van der Waals surface area contributed by atoms with Gasteiger partial charge in [0.05, 0.1) is 12.1 Å².